The van der Waals surface area contributed by atoms with Crippen LogP contribution in [0.25, 0.3) is 17.0 Å². The fourth-order valence-corrected chi connectivity index (χ4v) is 3.01. The summed E-state index contributed by atoms with van der Waals surface area (Å²) in [5, 5.41) is 26.6. The molecule has 126 valence electrons. The zero-order valence-electron chi connectivity index (χ0n) is 12.9. The summed E-state index contributed by atoms with van der Waals surface area (Å²) in [4.78, 5) is 20.7. The number of nitriles is 1. The number of carbonyl (C=O) groups is 1. The van der Waals surface area contributed by atoms with E-state index in [-0.39, 0.29) is 25.5 Å². The first-order valence-electron chi connectivity index (χ1n) is 7.40. The lowest BCUT2D eigenvalue weighted by Gasteiger charge is -2.47. The highest BCUT2D eigenvalue weighted by molar-refractivity contribution is 5.66. The van der Waals surface area contributed by atoms with Crippen LogP contribution in [0.3, 0.4) is 0 Å². The molecule has 0 aromatic carbocycles. The van der Waals surface area contributed by atoms with E-state index in [1.54, 1.807) is 29.3 Å². The molecule has 3 aromatic rings. The molecule has 11 nitrogen and oxygen atoms in total. The van der Waals surface area contributed by atoms with Crippen LogP contribution in [-0.2, 0) is 5.54 Å². The van der Waals surface area contributed by atoms with E-state index in [1.165, 1.54) is 9.42 Å². The Balaban J connectivity index is 1.72. The number of aromatic nitrogens is 6. The molecule has 25 heavy (non-hydrogen) atoms. The lowest BCUT2D eigenvalue weighted by molar-refractivity contribution is 0.0139. The van der Waals surface area contributed by atoms with Crippen molar-refractivity contribution in [1.29, 1.82) is 5.26 Å². The summed E-state index contributed by atoms with van der Waals surface area (Å²) >= 11 is 0. The highest BCUT2D eigenvalue weighted by atomic mass is 16.4. The van der Waals surface area contributed by atoms with Gasteiger partial charge in [0.15, 0.2) is 11.5 Å². The number of carboxylic acid groups (broad SMARTS) is 1. The van der Waals surface area contributed by atoms with Gasteiger partial charge in [-0.05, 0) is 0 Å². The Labute approximate surface area is 140 Å². The monoisotopic (exact) mass is 339 g/mol. The topological polar surface area (TPSA) is 151 Å². The summed E-state index contributed by atoms with van der Waals surface area (Å²) in [6, 6.07) is 3.80. The van der Waals surface area contributed by atoms with Gasteiger partial charge in [-0.2, -0.15) is 19.9 Å². The van der Waals surface area contributed by atoms with Crippen molar-refractivity contribution in [3.05, 3.63) is 24.7 Å². The normalized spacial score (nSPS) is 15.7. The molecule has 11 heteroatoms. The summed E-state index contributed by atoms with van der Waals surface area (Å²) in [5.41, 5.74) is 6.20. The van der Waals surface area contributed by atoms with Crippen molar-refractivity contribution in [2.45, 2.75) is 12.0 Å². The standard InChI is InChI=1S/C14H13N9O2/c15-3-2-14(7-21(8-14)13(24)25)22-6-9(5-18-22)11-17-4-1-10-19-12(16)20-23(10)11/h1,4-6H,2,7-8H2,(H2,16,20)(H,24,25). The fourth-order valence-electron chi connectivity index (χ4n) is 3.01. The Kier molecular flexibility index (Phi) is 3.08. The van der Waals surface area contributed by atoms with Crippen LogP contribution in [0.1, 0.15) is 6.42 Å². The van der Waals surface area contributed by atoms with Crippen molar-refractivity contribution >= 4 is 17.7 Å². The van der Waals surface area contributed by atoms with Crippen LogP contribution in [0.15, 0.2) is 24.7 Å². The second-order valence-electron chi connectivity index (χ2n) is 5.88. The SMILES string of the molecule is N#CCC1(n2cc(-c3nccc4nc(N)nn34)cn2)CN(C(=O)O)C1. The van der Waals surface area contributed by atoms with Gasteiger partial charge in [-0.1, -0.05) is 0 Å². The lowest BCUT2D eigenvalue weighted by atomic mass is 9.87. The number of fused-ring (bicyclic) bond motifs is 1. The fraction of sp³-hybridized carbons (Fsp3) is 0.286. The number of likely N-dealkylation sites (tertiary alicyclic amines) is 1. The van der Waals surface area contributed by atoms with E-state index in [4.69, 9.17) is 16.1 Å². The van der Waals surface area contributed by atoms with Gasteiger partial charge in [-0.3, -0.25) is 4.68 Å². The maximum atomic E-state index is 11.1. The minimum Gasteiger partial charge on any atom is -0.465 e. The molecular weight excluding hydrogens is 326 g/mol. The molecule has 3 aromatic heterocycles. The van der Waals surface area contributed by atoms with Crippen LogP contribution < -0.4 is 5.73 Å². The highest BCUT2D eigenvalue weighted by Gasteiger charge is 2.47. The van der Waals surface area contributed by atoms with Crippen molar-refractivity contribution in [2.24, 2.45) is 0 Å². The Morgan fingerprint density at radius 2 is 2.28 bits per heavy atom. The van der Waals surface area contributed by atoms with E-state index < -0.39 is 11.6 Å². The van der Waals surface area contributed by atoms with Gasteiger partial charge in [-0.15, -0.1) is 5.10 Å². The molecule has 0 atom stereocenters. The Morgan fingerprint density at radius 1 is 1.48 bits per heavy atom. The number of hydrogen-bond acceptors (Lipinski definition) is 7. The number of amides is 1. The molecule has 0 aliphatic carbocycles. The second-order valence-corrected chi connectivity index (χ2v) is 5.88. The largest absolute Gasteiger partial charge is 0.465 e. The van der Waals surface area contributed by atoms with Crippen LogP contribution in [-0.4, -0.2) is 58.6 Å². The third-order valence-corrected chi connectivity index (χ3v) is 4.25. The molecular formula is C14H13N9O2. The summed E-state index contributed by atoms with van der Waals surface area (Å²) in [5.74, 6) is 0.646. The molecule has 4 rings (SSSR count). The molecule has 3 N–H and O–H groups in total. The number of nitrogens with zero attached hydrogens (tertiary/aromatic N) is 8. The minimum atomic E-state index is -1.01. The summed E-state index contributed by atoms with van der Waals surface area (Å²) in [6.07, 6.45) is 4.08. The summed E-state index contributed by atoms with van der Waals surface area (Å²) in [6.45, 7) is 0.426. The predicted octanol–water partition coefficient (Wildman–Crippen LogP) is 0.173. The van der Waals surface area contributed by atoms with Crippen LogP contribution in [0, 0.1) is 11.3 Å². The van der Waals surface area contributed by atoms with Gasteiger partial charge in [0.1, 0.15) is 5.54 Å². The molecule has 0 unspecified atom stereocenters. The number of nitrogens with two attached hydrogens (primary N) is 1. The molecule has 1 fully saturated rings. The first-order valence-corrected chi connectivity index (χ1v) is 7.40. The first-order chi connectivity index (χ1) is 12.0. The van der Waals surface area contributed by atoms with Crippen LogP contribution in [0.4, 0.5) is 10.7 Å². The van der Waals surface area contributed by atoms with Crippen molar-refractivity contribution < 1.29 is 9.90 Å². The number of rotatable bonds is 3. The van der Waals surface area contributed by atoms with Gasteiger partial charge in [-0.25, -0.2) is 9.78 Å². The second kappa shape index (κ2) is 5.17. The van der Waals surface area contributed by atoms with Gasteiger partial charge in [0.2, 0.25) is 5.95 Å². The quantitative estimate of drug-likeness (QED) is 0.685. The molecule has 0 spiro atoms. The Morgan fingerprint density at radius 3 is 3.00 bits per heavy atom. The van der Waals surface area contributed by atoms with E-state index in [1.807, 2.05) is 0 Å². The van der Waals surface area contributed by atoms with Crippen LogP contribution >= 0.6 is 0 Å². The van der Waals surface area contributed by atoms with E-state index in [2.05, 4.69) is 26.2 Å². The highest BCUT2D eigenvalue weighted by Crippen LogP contribution is 2.33. The molecule has 0 bridgehead atoms. The lowest BCUT2D eigenvalue weighted by Crippen LogP contribution is -2.64. The maximum absolute atomic E-state index is 11.1. The molecule has 1 aliphatic heterocycles. The van der Waals surface area contributed by atoms with E-state index in [9.17, 15) is 4.79 Å². The molecule has 4 heterocycles. The average Bonchev–Trinajstić information content (AvgIpc) is 3.15. The smallest absolute Gasteiger partial charge is 0.407 e. The van der Waals surface area contributed by atoms with E-state index in [0.29, 0.717) is 17.0 Å². The molecule has 0 radical (unpaired) electrons. The average molecular weight is 339 g/mol. The zero-order valence-corrected chi connectivity index (χ0v) is 12.9. The van der Waals surface area contributed by atoms with Gasteiger partial charge < -0.3 is 15.7 Å². The number of anilines is 1. The Bertz CT molecular complexity index is 1010. The van der Waals surface area contributed by atoms with Crippen LogP contribution in [0.5, 0.6) is 0 Å². The zero-order chi connectivity index (χ0) is 17.6. The molecule has 1 aliphatic rings. The molecule has 1 amide bonds. The Hall–Kier alpha value is -3.68. The predicted molar refractivity (Wildman–Crippen MR) is 84.2 cm³/mol. The van der Waals surface area contributed by atoms with Gasteiger partial charge in [0.25, 0.3) is 0 Å². The third kappa shape index (κ3) is 2.23. The van der Waals surface area contributed by atoms with Crippen molar-refractivity contribution in [1.82, 2.24) is 34.3 Å². The van der Waals surface area contributed by atoms with Gasteiger partial charge in [0.05, 0.1) is 37.3 Å². The number of nitrogen functional groups attached to an aromatic ring is 1. The van der Waals surface area contributed by atoms with E-state index in [0.717, 1.165) is 0 Å². The first kappa shape index (κ1) is 14.9. The summed E-state index contributed by atoms with van der Waals surface area (Å²) < 4.78 is 3.14. The maximum Gasteiger partial charge on any atom is 0.407 e. The number of hydrogen-bond donors (Lipinski definition) is 2. The van der Waals surface area contributed by atoms with Gasteiger partial charge in [0, 0.05) is 18.5 Å². The van der Waals surface area contributed by atoms with Crippen molar-refractivity contribution in [3.8, 4) is 17.5 Å². The minimum absolute atomic E-state index is 0.138. The van der Waals surface area contributed by atoms with Gasteiger partial charge >= 0.3 is 6.09 Å². The third-order valence-electron chi connectivity index (χ3n) is 4.25. The molecule has 1 saturated heterocycles. The van der Waals surface area contributed by atoms with Crippen molar-refractivity contribution in [3.63, 3.8) is 0 Å². The molecule has 0 saturated carbocycles. The van der Waals surface area contributed by atoms with Crippen molar-refractivity contribution in [2.75, 3.05) is 18.8 Å². The summed E-state index contributed by atoms with van der Waals surface area (Å²) in [7, 11) is 0. The van der Waals surface area contributed by atoms with E-state index >= 15 is 0 Å². The van der Waals surface area contributed by atoms with Crippen LogP contribution in [0.2, 0.25) is 0 Å².